The molecular formula is C14H22N2O5S2. The maximum atomic E-state index is 12.8. The minimum atomic E-state index is -3.93. The topological polar surface area (TPSA) is 118 Å². The average Bonchev–Trinajstić information content (AvgIpc) is 2.77. The highest BCUT2D eigenvalue weighted by Crippen LogP contribution is 2.25. The first-order valence-corrected chi connectivity index (χ1v) is 10.7. The molecule has 1 aliphatic rings. The van der Waals surface area contributed by atoms with Gasteiger partial charge in [-0.2, -0.15) is 4.31 Å². The summed E-state index contributed by atoms with van der Waals surface area (Å²) >= 11 is 0. The van der Waals surface area contributed by atoms with Gasteiger partial charge in [0.2, 0.25) is 10.0 Å². The molecule has 0 saturated carbocycles. The zero-order chi connectivity index (χ0) is 17.3. The maximum Gasteiger partial charge on any atom is 0.243 e. The quantitative estimate of drug-likeness (QED) is 0.695. The number of benzene rings is 1. The monoisotopic (exact) mass is 362 g/mol. The molecule has 2 rings (SSSR count). The van der Waals surface area contributed by atoms with E-state index in [9.17, 15) is 21.9 Å². The molecule has 7 nitrogen and oxygen atoms in total. The number of aliphatic hydroxyl groups excluding tert-OH is 1. The molecule has 1 aromatic rings. The molecule has 0 spiro atoms. The number of nitrogens with zero attached hydrogens (tertiary/aromatic N) is 1. The van der Waals surface area contributed by atoms with Crippen molar-refractivity contribution in [3.63, 3.8) is 0 Å². The first-order valence-electron chi connectivity index (χ1n) is 7.40. The molecule has 0 amide bonds. The van der Waals surface area contributed by atoms with Gasteiger partial charge in [0.05, 0.1) is 28.5 Å². The van der Waals surface area contributed by atoms with E-state index < -0.39 is 37.8 Å². The fourth-order valence-electron chi connectivity index (χ4n) is 2.71. The van der Waals surface area contributed by atoms with Crippen LogP contribution in [0.4, 0.5) is 0 Å². The Morgan fingerprint density at radius 2 is 1.87 bits per heavy atom. The van der Waals surface area contributed by atoms with Crippen LogP contribution in [0, 0.1) is 0 Å². The van der Waals surface area contributed by atoms with Crippen LogP contribution in [0.25, 0.3) is 0 Å². The molecule has 130 valence electrons. The van der Waals surface area contributed by atoms with Gasteiger partial charge in [0, 0.05) is 13.1 Å². The molecule has 1 aromatic carbocycles. The lowest BCUT2D eigenvalue weighted by molar-refractivity contribution is 0.129. The summed E-state index contributed by atoms with van der Waals surface area (Å²) in [7, 11) is -7.38. The van der Waals surface area contributed by atoms with Crippen LogP contribution in [0.5, 0.6) is 0 Å². The minimum Gasteiger partial charge on any atom is -0.390 e. The van der Waals surface area contributed by atoms with E-state index in [2.05, 4.69) is 0 Å². The van der Waals surface area contributed by atoms with Gasteiger partial charge < -0.3 is 10.8 Å². The highest BCUT2D eigenvalue weighted by molar-refractivity contribution is 7.92. The van der Waals surface area contributed by atoms with Gasteiger partial charge in [-0.25, -0.2) is 16.8 Å². The van der Waals surface area contributed by atoms with Crippen LogP contribution in [0.15, 0.2) is 29.2 Å². The summed E-state index contributed by atoms with van der Waals surface area (Å²) in [6.07, 6.45) is -0.455. The number of aryl methyl sites for hydroxylation is 1. The van der Waals surface area contributed by atoms with Gasteiger partial charge in [-0.3, -0.25) is 0 Å². The summed E-state index contributed by atoms with van der Waals surface area (Å²) in [6.45, 7) is 1.95. The molecule has 0 radical (unpaired) electrons. The molecule has 1 saturated heterocycles. The lowest BCUT2D eigenvalue weighted by Gasteiger charge is -2.29. The van der Waals surface area contributed by atoms with Crippen molar-refractivity contribution < 1.29 is 21.9 Å². The Morgan fingerprint density at radius 1 is 1.26 bits per heavy atom. The predicted molar refractivity (Wildman–Crippen MR) is 87.2 cm³/mol. The van der Waals surface area contributed by atoms with Gasteiger partial charge in [-0.15, -0.1) is 0 Å². The number of hydrogen-bond acceptors (Lipinski definition) is 6. The van der Waals surface area contributed by atoms with Crippen molar-refractivity contribution >= 4 is 19.9 Å². The third kappa shape index (κ3) is 3.92. The molecule has 2 atom stereocenters. The zero-order valence-corrected chi connectivity index (χ0v) is 14.6. The van der Waals surface area contributed by atoms with Gasteiger partial charge in [0.15, 0.2) is 9.84 Å². The van der Waals surface area contributed by atoms with Crippen molar-refractivity contribution in [1.29, 1.82) is 0 Å². The zero-order valence-electron chi connectivity index (χ0n) is 12.9. The SMILES string of the molecule is CCc1ccc(S(=O)(=O)N(CCN)[C@@H]2CS(=O)(=O)C[C@H]2O)cc1. The number of nitrogens with two attached hydrogens (primary N) is 1. The number of rotatable bonds is 6. The summed E-state index contributed by atoms with van der Waals surface area (Å²) in [4.78, 5) is 0.0691. The molecular weight excluding hydrogens is 340 g/mol. The van der Waals surface area contributed by atoms with Crippen molar-refractivity contribution in [2.45, 2.75) is 30.4 Å². The number of aliphatic hydroxyl groups is 1. The Kier molecular flexibility index (Phi) is 5.47. The predicted octanol–water partition coefficient (Wildman–Crippen LogP) is -0.644. The van der Waals surface area contributed by atoms with Crippen LogP contribution in [0.1, 0.15) is 12.5 Å². The van der Waals surface area contributed by atoms with Crippen LogP contribution < -0.4 is 5.73 Å². The van der Waals surface area contributed by atoms with Crippen LogP contribution in [0.3, 0.4) is 0 Å². The summed E-state index contributed by atoms with van der Waals surface area (Å²) in [5, 5.41) is 9.99. The van der Waals surface area contributed by atoms with Crippen LogP contribution in [-0.2, 0) is 26.3 Å². The molecule has 23 heavy (non-hydrogen) atoms. The summed E-state index contributed by atoms with van der Waals surface area (Å²) in [5.41, 5.74) is 6.49. The number of sulfonamides is 1. The fourth-order valence-corrected chi connectivity index (χ4v) is 6.27. The van der Waals surface area contributed by atoms with Crippen LogP contribution >= 0.6 is 0 Å². The fraction of sp³-hybridized carbons (Fsp3) is 0.571. The minimum absolute atomic E-state index is 0.0372. The third-order valence-electron chi connectivity index (χ3n) is 3.95. The summed E-state index contributed by atoms with van der Waals surface area (Å²) in [6, 6.07) is 5.42. The van der Waals surface area contributed by atoms with Crippen molar-refractivity contribution in [3.8, 4) is 0 Å². The molecule has 0 bridgehead atoms. The standard InChI is InChI=1S/C14H22N2O5S2/c1-2-11-3-5-12(6-4-11)23(20,21)16(8-7-15)13-9-22(18,19)10-14(13)17/h3-6,13-14,17H,2,7-10,15H2,1H3/t13-,14-/m1/s1. The number of hydrogen-bond donors (Lipinski definition) is 2. The molecule has 3 N–H and O–H groups in total. The Bertz CT molecular complexity index is 744. The molecule has 1 heterocycles. The molecule has 0 aromatic heterocycles. The van der Waals surface area contributed by atoms with Crippen LogP contribution in [0.2, 0.25) is 0 Å². The Labute approximate surface area is 137 Å². The lowest BCUT2D eigenvalue weighted by Crippen LogP contribution is -2.48. The highest BCUT2D eigenvalue weighted by atomic mass is 32.2. The van der Waals surface area contributed by atoms with E-state index in [1.54, 1.807) is 12.1 Å². The van der Waals surface area contributed by atoms with Gasteiger partial charge in [0.25, 0.3) is 0 Å². The van der Waals surface area contributed by atoms with E-state index in [0.717, 1.165) is 16.3 Å². The smallest absolute Gasteiger partial charge is 0.243 e. The second-order valence-electron chi connectivity index (χ2n) is 5.61. The second-order valence-corrected chi connectivity index (χ2v) is 9.66. The van der Waals surface area contributed by atoms with E-state index in [-0.39, 0.29) is 23.7 Å². The van der Waals surface area contributed by atoms with E-state index in [0.29, 0.717) is 0 Å². The van der Waals surface area contributed by atoms with E-state index in [1.165, 1.54) is 12.1 Å². The van der Waals surface area contributed by atoms with Crippen molar-refractivity contribution in [2.24, 2.45) is 5.73 Å². The van der Waals surface area contributed by atoms with Gasteiger partial charge in [0.1, 0.15) is 0 Å². The number of sulfone groups is 1. The van der Waals surface area contributed by atoms with Crippen molar-refractivity contribution in [3.05, 3.63) is 29.8 Å². The highest BCUT2D eigenvalue weighted by Gasteiger charge is 2.44. The first-order chi connectivity index (χ1) is 10.7. The lowest BCUT2D eigenvalue weighted by atomic mass is 10.2. The Balaban J connectivity index is 2.39. The average molecular weight is 362 g/mol. The van der Waals surface area contributed by atoms with Crippen LogP contribution in [-0.4, -0.2) is 63.0 Å². The second kappa shape index (κ2) is 6.86. The molecule has 0 aliphatic carbocycles. The summed E-state index contributed by atoms with van der Waals surface area (Å²) in [5.74, 6) is -0.816. The molecule has 1 fully saturated rings. The molecule has 9 heteroatoms. The van der Waals surface area contributed by atoms with E-state index >= 15 is 0 Å². The van der Waals surface area contributed by atoms with Gasteiger partial charge in [-0.05, 0) is 24.1 Å². The molecule has 1 aliphatic heterocycles. The summed E-state index contributed by atoms with van der Waals surface area (Å²) < 4.78 is 50.1. The van der Waals surface area contributed by atoms with Gasteiger partial charge in [-0.1, -0.05) is 19.1 Å². The third-order valence-corrected chi connectivity index (χ3v) is 7.59. The molecule has 0 unspecified atom stereocenters. The van der Waals surface area contributed by atoms with E-state index in [1.807, 2.05) is 6.92 Å². The Hall–Kier alpha value is -1.00. The van der Waals surface area contributed by atoms with Crippen molar-refractivity contribution in [2.75, 3.05) is 24.6 Å². The van der Waals surface area contributed by atoms with Gasteiger partial charge >= 0.3 is 0 Å². The largest absolute Gasteiger partial charge is 0.390 e. The maximum absolute atomic E-state index is 12.8. The first kappa shape index (κ1) is 18.3. The Morgan fingerprint density at radius 3 is 2.30 bits per heavy atom. The van der Waals surface area contributed by atoms with Crippen molar-refractivity contribution in [1.82, 2.24) is 4.31 Å². The normalized spacial score (nSPS) is 24.2. The van der Waals surface area contributed by atoms with E-state index in [4.69, 9.17) is 5.73 Å².